The van der Waals surface area contributed by atoms with E-state index in [-0.39, 0.29) is 6.54 Å². The maximum atomic E-state index is 12.3. The second kappa shape index (κ2) is 7.30. The Bertz CT molecular complexity index is 820. The lowest BCUT2D eigenvalue weighted by Crippen LogP contribution is -2.48. The van der Waals surface area contributed by atoms with Crippen LogP contribution in [0.3, 0.4) is 0 Å². The molecular weight excluding hydrogens is 328 g/mol. The molecule has 0 atom stereocenters. The van der Waals surface area contributed by atoms with Crippen LogP contribution in [0.15, 0.2) is 42.5 Å². The van der Waals surface area contributed by atoms with Gasteiger partial charge in [-0.15, -0.1) is 0 Å². The molecule has 26 heavy (non-hydrogen) atoms. The first kappa shape index (κ1) is 18.1. The number of aryl methyl sites for hydroxylation is 1. The van der Waals surface area contributed by atoms with Crippen molar-refractivity contribution in [1.82, 2.24) is 5.32 Å². The highest BCUT2D eigenvalue weighted by atomic mass is 16.5. The summed E-state index contributed by atoms with van der Waals surface area (Å²) in [6.07, 6.45) is 1.44. The first-order chi connectivity index (χ1) is 12.4. The number of hydrogen-bond donors (Lipinski definition) is 2. The zero-order valence-corrected chi connectivity index (χ0v) is 15.4. The molecule has 2 aromatic carbocycles. The van der Waals surface area contributed by atoms with E-state index in [4.69, 9.17) is 4.74 Å². The first-order valence-corrected chi connectivity index (χ1v) is 8.71. The lowest BCUT2D eigenvalue weighted by Gasteiger charge is -2.27. The number of amides is 2. The Morgan fingerprint density at radius 2 is 1.65 bits per heavy atom. The maximum absolute atomic E-state index is 12.3. The smallest absolute Gasteiger partial charge is 0.313 e. The minimum Gasteiger partial charge on any atom is -0.376 e. The van der Waals surface area contributed by atoms with Gasteiger partial charge in [-0.3, -0.25) is 9.59 Å². The van der Waals surface area contributed by atoms with Gasteiger partial charge in [0.05, 0.1) is 5.60 Å². The molecule has 1 aliphatic carbocycles. The summed E-state index contributed by atoms with van der Waals surface area (Å²) in [7, 11) is 1.65. The Morgan fingerprint density at radius 3 is 2.27 bits per heavy atom. The summed E-state index contributed by atoms with van der Waals surface area (Å²) in [5, 5.41) is 5.41. The molecule has 5 heteroatoms. The Labute approximate surface area is 153 Å². The van der Waals surface area contributed by atoms with Crippen LogP contribution < -0.4 is 10.6 Å². The number of carbonyl (C=O) groups excluding carboxylic acids is 2. The molecule has 0 aliphatic heterocycles. The number of benzene rings is 2. The fraction of sp³-hybridized carbons (Fsp3) is 0.333. The zero-order chi connectivity index (χ0) is 18.7. The number of carbonyl (C=O) groups is 2. The Balaban J connectivity index is 1.61. The van der Waals surface area contributed by atoms with E-state index in [1.807, 2.05) is 38.1 Å². The van der Waals surface area contributed by atoms with Crippen LogP contribution in [0.25, 0.3) is 0 Å². The van der Waals surface area contributed by atoms with Crippen LogP contribution in [0.2, 0.25) is 0 Å². The minimum atomic E-state index is -0.666. The number of ether oxygens (including phenoxy) is 1. The topological polar surface area (TPSA) is 67.4 Å². The van der Waals surface area contributed by atoms with Crippen molar-refractivity contribution in [3.63, 3.8) is 0 Å². The number of methoxy groups -OCH3 is 1. The fourth-order valence-corrected chi connectivity index (χ4v) is 3.39. The molecule has 0 fully saturated rings. The summed E-state index contributed by atoms with van der Waals surface area (Å²) in [4.78, 5) is 24.5. The summed E-state index contributed by atoms with van der Waals surface area (Å²) in [5.41, 5.74) is 4.61. The molecule has 0 aromatic heterocycles. The van der Waals surface area contributed by atoms with Crippen molar-refractivity contribution < 1.29 is 14.3 Å². The Hall–Kier alpha value is -2.66. The van der Waals surface area contributed by atoms with E-state index < -0.39 is 17.4 Å². The molecule has 0 saturated carbocycles. The van der Waals surface area contributed by atoms with Gasteiger partial charge < -0.3 is 15.4 Å². The van der Waals surface area contributed by atoms with Gasteiger partial charge in [-0.05, 0) is 42.2 Å². The monoisotopic (exact) mass is 352 g/mol. The molecule has 0 unspecified atom stereocenters. The van der Waals surface area contributed by atoms with E-state index >= 15 is 0 Å². The number of hydrogen-bond acceptors (Lipinski definition) is 3. The summed E-state index contributed by atoms with van der Waals surface area (Å²) in [6, 6.07) is 13.8. The molecule has 0 radical (unpaired) electrons. The molecule has 2 amide bonds. The molecule has 1 aliphatic rings. The first-order valence-electron chi connectivity index (χ1n) is 8.71. The molecule has 2 N–H and O–H groups in total. The maximum Gasteiger partial charge on any atom is 0.313 e. The highest BCUT2D eigenvalue weighted by Crippen LogP contribution is 2.32. The second-order valence-corrected chi connectivity index (χ2v) is 6.89. The standard InChI is InChI=1S/C21H24N2O3/c1-14-7-6-10-18(15(14)2)23-20(25)19(24)22-13-21(26-3)11-16-8-4-5-9-17(16)12-21/h4-10H,11-13H2,1-3H3,(H,22,24)(H,23,25). The SMILES string of the molecule is COC1(CNC(=O)C(=O)Nc2cccc(C)c2C)Cc2ccccc2C1. The molecule has 5 nitrogen and oxygen atoms in total. The van der Waals surface area contributed by atoms with Crippen LogP contribution in [0, 0.1) is 13.8 Å². The number of anilines is 1. The van der Waals surface area contributed by atoms with Crippen LogP contribution in [-0.4, -0.2) is 31.1 Å². The molecular formula is C21H24N2O3. The summed E-state index contributed by atoms with van der Waals surface area (Å²) in [6.45, 7) is 4.17. The number of fused-ring (bicyclic) bond motifs is 1. The third kappa shape index (κ3) is 3.63. The molecule has 136 valence electrons. The van der Waals surface area contributed by atoms with E-state index in [2.05, 4.69) is 22.8 Å². The van der Waals surface area contributed by atoms with Crippen molar-refractivity contribution >= 4 is 17.5 Å². The van der Waals surface area contributed by atoms with Gasteiger partial charge in [0, 0.05) is 32.2 Å². The molecule has 0 spiro atoms. The van der Waals surface area contributed by atoms with E-state index in [0.717, 1.165) is 24.0 Å². The van der Waals surface area contributed by atoms with E-state index in [0.29, 0.717) is 5.69 Å². The second-order valence-electron chi connectivity index (χ2n) is 6.89. The minimum absolute atomic E-state index is 0.289. The van der Waals surface area contributed by atoms with Crippen LogP contribution in [-0.2, 0) is 27.2 Å². The predicted molar refractivity (Wildman–Crippen MR) is 101 cm³/mol. The molecule has 3 rings (SSSR count). The van der Waals surface area contributed by atoms with Crippen LogP contribution in [0.4, 0.5) is 5.69 Å². The highest BCUT2D eigenvalue weighted by Gasteiger charge is 2.37. The van der Waals surface area contributed by atoms with E-state index in [1.54, 1.807) is 13.2 Å². The zero-order valence-electron chi connectivity index (χ0n) is 15.4. The van der Waals surface area contributed by atoms with Crippen molar-refractivity contribution in [2.24, 2.45) is 0 Å². The summed E-state index contributed by atoms with van der Waals surface area (Å²) < 4.78 is 5.72. The van der Waals surface area contributed by atoms with E-state index in [9.17, 15) is 9.59 Å². The van der Waals surface area contributed by atoms with Gasteiger partial charge in [0.25, 0.3) is 0 Å². The number of nitrogens with one attached hydrogen (secondary N) is 2. The van der Waals surface area contributed by atoms with E-state index in [1.165, 1.54) is 11.1 Å². The highest BCUT2D eigenvalue weighted by molar-refractivity contribution is 6.39. The van der Waals surface area contributed by atoms with Crippen molar-refractivity contribution in [2.45, 2.75) is 32.3 Å². The van der Waals surface area contributed by atoms with Gasteiger partial charge in [-0.25, -0.2) is 0 Å². The van der Waals surface area contributed by atoms with Crippen LogP contribution >= 0.6 is 0 Å². The third-order valence-electron chi connectivity index (χ3n) is 5.21. The average Bonchev–Trinajstić information content (AvgIpc) is 3.02. The van der Waals surface area contributed by atoms with Crippen molar-refractivity contribution in [1.29, 1.82) is 0 Å². The van der Waals surface area contributed by atoms with Crippen molar-refractivity contribution in [3.8, 4) is 0 Å². The van der Waals surface area contributed by atoms with Crippen molar-refractivity contribution in [2.75, 3.05) is 19.0 Å². The summed E-state index contributed by atoms with van der Waals surface area (Å²) >= 11 is 0. The molecule has 0 saturated heterocycles. The lowest BCUT2D eigenvalue weighted by atomic mass is 10.00. The Morgan fingerprint density at radius 1 is 1.00 bits per heavy atom. The molecule has 0 bridgehead atoms. The Kier molecular flexibility index (Phi) is 5.09. The van der Waals surface area contributed by atoms with Gasteiger partial charge in [-0.1, -0.05) is 36.4 Å². The largest absolute Gasteiger partial charge is 0.376 e. The molecule has 0 heterocycles. The van der Waals surface area contributed by atoms with Gasteiger partial charge in [0.15, 0.2) is 0 Å². The lowest BCUT2D eigenvalue weighted by molar-refractivity contribution is -0.137. The van der Waals surface area contributed by atoms with Gasteiger partial charge in [-0.2, -0.15) is 0 Å². The van der Waals surface area contributed by atoms with Gasteiger partial charge >= 0.3 is 11.8 Å². The summed E-state index contributed by atoms with van der Waals surface area (Å²) in [5.74, 6) is -1.32. The normalized spacial score (nSPS) is 14.6. The van der Waals surface area contributed by atoms with Gasteiger partial charge in [0.2, 0.25) is 0 Å². The van der Waals surface area contributed by atoms with Crippen LogP contribution in [0.1, 0.15) is 22.3 Å². The predicted octanol–water partition coefficient (Wildman–Crippen LogP) is 2.54. The third-order valence-corrected chi connectivity index (χ3v) is 5.21. The van der Waals surface area contributed by atoms with Crippen molar-refractivity contribution in [3.05, 3.63) is 64.7 Å². The quantitative estimate of drug-likeness (QED) is 0.831. The number of rotatable bonds is 4. The van der Waals surface area contributed by atoms with Crippen LogP contribution in [0.5, 0.6) is 0 Å². The van der Waals surface area contributed by atoms with Gasteiger partial charge in [0.1, 0.15) is 0 Å². The average molecular weight is 352 g/mol. The molecule has 2 aromatic rings. The fourth-order valence-electron chi connectivity index (χ4n) is 3.39.